The summed E-state index contributed by atoms with van der Waals surface area (Å²) in [4.78, 5) is 51.8. The van der Waals surface area contributed by atoms with Gasteiger partial charge >= 0.3 is 0 Å². The van der Waals surface area contributed by atoms with Gasteiger partial charge in [-0.1, -0.05) is 25.6 Å². The molecule has 6 aliphatic heterocycles. The number of hydrogen-bond donors (Lipinski definition) is 2. The number of carbonyl (C=O) groups is 3. The summed E-state index contributed by atoms with van der Waals surface area (Å²) in [6.45, 7) is 5.04. The fourth-order valence-corrected chi connectivity index (χ4v) is 5.74. The van der Waals surface area contributed by atoms with Gasteiger partial charge in [0.25, 0.3) is 11.8 Å². The lowest BCUT2D eigenvalue weighted by molar-refractivity contribution is -0.00660. The molecule has 0 saturated carbocycles. The van der Waals surface area contributed by atoms with Gasteiger partial charge in [0.15, 0.2) is 5.78 Å². The summed E-state index contributed by atoms with van der Waals surface area (Å²) in [5.74, 6) is -0.0823. The van der Waals surface area contributed by atoms with E-state index in [0.717, 1.165) is 24.9 Å². The van der Waals surface area contributed by atoms with Gasteiger partial charge in [-0.25, -0.2) is 0 Å². The molecule has 2 N–H and O–H groups in total. The highest BCUT2D eigenvalue weighted by molar-refractivity contribution is 5.94. The van der Waals surface area contributed by atoms with E-state index in [1.165, 1.54) is 32.9 Å². The number of pyridine rings is 3. The van der Waals surface area contributed by atoms with E-state index >= 15 is 0 Å². The number of nitrogens with zero attached hydrogens (tertiary/aromatic N) is 5. The van der Waals surface area contributed by atoms with Crippen LogP contribution in [-0.4, -0.2) is 92.7 Å². The predicted molar refractivity (Wildman–Crippen MR) is 161 cm³/mol. The van der Waals surface area contributed by atoms with E-state index in [0.29, 0.717) is 30.2 Å². The summed E-state index contributed by atoms with van der Waals surface area (Å²) in [5.41, 5.74) is 1.46. The average Bonchev–Trinajstić information content (AvgIpc) is 3.07. The Labute approximate surface area is 248 Å². The zero-order valence-corrected chi connectivity index (χ0v) is 23.4. The number of amides is 2. The van der Waals surface area contributed by atoms with Crippen LogP contribution in [0.5, 0.6) is 0 Å². The molecule has 42 heavy (non-hydrogen) atoms. The molecule has 2 amide bonds. The number of ketones is 1. The number of rotatable bonds is 3. The Kier molecular flexibility index (Phi) is 10.9. The summed E-state index contributed by atoms with van der Waals surface area (Å²) in [6, 6.07) is 17.7. The third-order valence-corrected chi connectivity index (χ3v) is 8.01. The Bertz CT molecular complexity index is 1210. The molecule has 4 atom stereocenters. The lowest BCUT2D eigenvalue weighted by Crippen LogP contribution is -2.65. The van der Waals surface area contributed by atoms with Gasteiger partial charge in [-0.3, -0.25) is 29.3 Å². The SMILES string of the molecule is C.C1CC2CNC1CN2.CC(=O)c1ccccn1.O=C(c1ccccn1)N1CC2CCC1CN2C(=O)c1ccccn1. The van der Waals surface area contributed by atoms with E-state index in [-0.39, 0.29) is 37.1 Å². The molecule has 10 nitrogen and oxygen atoms in total. The fraction of sp³-hybridized carbons (Fsp3) is 0.438. The van der Waals surface area contributed by atoms with Gasteiger partial charge in [-0.05, 0) is 62.1 Å². The summed E-state index contributed by atoms with van der Waals surface area (Å²) in [5, 5.41) is 6.91. The summed E-state index contributed by atoms with van der Waals surface area (Å²) in [6.07, 6.45) is 9.50. The molecule has 6 aliphatic rings. The standard InChI is InChI=1S/C18H18N4O2.C7H7NO.C6H12N2.CH4/c23-17(15-5-1-3-9-19-15)21-11-14-8-7-13(21)12-22(14)18(24)16-6-2-4-10-20-16;1-6(9)7-4-2-3-5-8-7;1-2-6-4-7-5(1)3-8-6;/h1-6,9-10,13-14H,7-8,11-12H2;2-5H,1H3;5-8H,1-4H2;1H4. The highest BCUT2D eigenvalue weighted by atomic mass is 16.2. The molecule has 3 aromatic rings. The molecule has 222 valence electrons. The van der Waals surface area contributed by atoms with Crippen LogP contribution >= 0.6 is 0 Å². The van der Waals surface area contributed by atoms with Gasteiger partial charge in [-0.2, -0.15) is 0 Å². The Morgan fingerprint density at radius 3 is 1.29 bits per heavy atom. The first-order valence-corrected chi connectivity index (χ1v) is 14.3. The molecule has 3 aromatic heterocycles. The van der Waals surface area contributed by atoms with Crippen molar-refractivity contribution in [3.63, 3.8) is 0 Å². The van der Waals surface area contributed by atoms with Crippen LogP contribution in [0, 0.1) is 0 Å². The third-order valence-electron chi connectivity index (χ3n) is 8.01. The van der Waals surface area contributed by atoms with Crippen LogP contribution in [-0.2, 0) is 0 Å². The van der Waals surface area contributed by atoms with Crippen molar-refractivity contribution in [1.82, 2.24) is 35.4 Å². The fourth-order valence-electron chi connectivity index (χ4n) is 5.74. The number of carbonyl (C=O) groups excluding carboxylic acids is 3. The molecule has 4 bridgehead atoms. The Morgan fingerprint density at radius 2 is 1.05 bits per heavy atom. The van der Waals surface area contributed by atoms with Crippen LogP contribution < -0.4 is 10.6 Å². The van der Waals surface area contributed by atoms with Crippen molar-refractivity contribution in [2.45, 2.75) is 64.2 Å². The van der Waals surface area contributed by atoms with Crippen molar-refractivity contribution in [2.75, 3.05) is 26.2 Å². The second kappa shape index (κ2) is 14.7. The maximum Gasteiger partial charge on any atom is 0.272 e. The summed E-state index contributed by atoms with van der Waals surface area (Å²) >= 11 is 0. The lowest BCUT2D eigenvalue weighted by atomic mass is 9.90. The number of nitrogens with one attached hydrogen (secondary N) is 2. The minimum absolute atomic E-state index is 0. The number of piperidine rings is 4. The number of piperazine rings is 2. The van der Waals surface area contributed by atoms with Crippen molar-refractivity contribution in [3.8, 4) is 0 Å². The Hall–Kier alpha value is -4.02. The van der Waals surface area contributed by atoms with Gasteiger partial charge in [0.2, 0.25) is 0 Å². The highest BCUT2D eigenvalue weighted by Gasteiger charge is 2.43. The maximum atomic E-state index is 12.7. The van der Waals surface area contributed by atoms with E-state index in [1.54, 1.807) is 61.1 Å². The van der Waals surface area contributed by atoms with Crippen LogP contribution in [0.15, 0.2) is 73.2 Å². The van der Waals surface area contributed by atoms with Crippen molar-refractivity contribution in [1.29, 1.82) is 0 Å². The van der Waals surface area contributed by atoms with E-state index < -0.39 is 0 Å². The zero-order chi connectivity index (χ0) is 28.6. The quantitative estimate of drug-likeness (QED) is 0.460. The molecule has 6 fully saturated rings. The number of Topliss-reactive ketones (excluding diaryl/α,β-unsaturated/α-hetero) is 1. The maximum absolute atomic E-state index is 12.7. The second-order valence-electron chi connectivity index (χ2n) is 10.8. The minimum atomic E-state index is -0.0461. The molecule has 10 heteroatoms. The first kappa shape index (κ1) is 30.9. The number of hydrogen-bond acceptors (Lipinski definition) is 8. The zero-order valence-electron chi connectivity index (χ0n) is 23.4. The summed E-state index contributed by atoms with van der Waals surface area (Å²) < 4.78 is 0. The molecule has 0 spiro atoms. The van der Waals surface area contributed by atoms with Crippen LogP contribution in [0.3, 0.4) is 0 Å². The monoisotopic (exact) mass is 571 g/mol. The lowest BCUT2D eigenvalue weighted by Gasteiger charge is -2.51. The number of fused-ring (bicyclic) bond motifs is 6. The van der Waals surface area contributed by atoms with Crippen LogP contribution in [0.2, 0.25) is 0 Å². The molecular weight excluding hydrogens is 530 g/mol. The Balaban J connectivity index is 0.000000183. The van der Waals surface area contributed by atoms with Gasteiger partial charge in [0.05, 0.1) is 0 Å². The van der Waals surface area contributed by atoms with Crippen molar-refractivity contribution in [2.24, 2.45) is 0 Å². The predicted octanol–water partition coefficient (Wildman–Crippen LogP) is 3.24. The molecule has 4 unspecified atom stereocenters. The molecule has 9 rings (SSSR count). The summed E-state index contributed by atoms with van der Waals surface area (Å²) in [7, 11) is 0. The van der Waals surface area contributed by atoms with E-state index in [1.807, 2.05) is 21.9 Å². The van der Waals surface area contributed by atoms with Gasteiger partial charge in [0.1, 0.15) is 17.1 Å². The Morgan fingerprint density at radius 1 is 0.643 bits per heavy atom. The van der Waals surface area contributed by atoms with E-state index in [9.17, 15) is 14.4 Å². The van der Waals surface area contributed by atoms with Crippen molar-refractivity contribution in [3.05, 3.63) is 90.3 Å². The van der Waals surface area contributed by atoms with Gasteiger partial charge < -0.3 is 20.4 Å². The molecule has 6 saturated heterocycles. The van der Waals surface area contributed by atoms with Gasteiger partial charge in [-0.15, -0.1) is 0 Å². The second-order valence-corrected chi connectivity index (χ2v) is 10.8. The number of aromatic nitrogens is 3. The molecular formula is C32H41N7O3. The van der Waals surface area contributed by atoms with E-state index in [2.05, 4.69) is 25.6 Å². The highest BCUT2D eigenvalue weighted by Crippen LogP contribution is 2.30. The molecule has 0 radical (unpaired) electrons. The third kappa shape index (κ3) is 7.63. The van der Waals surface area contributed by atoms with Crippen molar-refractivity contribution < 1.29 is 14.4 Å². The van der Waals surface area contributed by atoms with Crippen LogP contribution in [0.4, 0.5) is 0 Å². The van der Waals surface area contributed by atoms with E-state index in [4.69, 9.17) is 0 Å². The van der Waals surface area contributed by atoms with Crippen LogP contribution in [0.1, 0.15) is 71.5 Å². The van der Waals surface area contributed by atoms with Gasteiger partial charge in [0, 0.05) is 75.9 Å². The first-order chi connectivity index (χ1) is 20.0. The van der Waals surface area contributed by atoms with Crippen LogP contribution in [0.25, 0.3) is 0 Å². The largest absolute Gasteiger partial charge is 0.330 e. The molecule has 0 aromatic carbocycles. The van der Waals surface area contributed by atoms with Crippen molar-refractivity contribution >= 4 is 17.6 Å². The normalized spacial score (nSPS) is 23.4. The molecule has 9 heterocycles. The average molecular weight is 572 g/mol. The topological polar surface area (TPSA) is 120 Å². The minimum Gasteiger partial charge on any atom is -0.330 e. The smallest absolute Gasteiger partial charge is 0.272 e. The first-order valence-electron chi connectivity index (χ1n) is 14.3. The molecule has 0 aliphatic carbocycles.